The van der Waals surface area contributed by atoms with Gasteiger partial charge in [0.2, 0.25) is 0 Å². The van der Waals surface area contributed by atoms with Crippen molar-refractivity contribution in [1.82, 2.24) is 4.90 Å². The first-order valence-corrected chi connectivity index (χ1v) is 9.89. The highest BCUT2D eigenvalue weighted by Crippen LogP contribution is 2.26. The predicted octanol–water partition coefficient (Wildman–Crippen LogP) is 3.76. The first-order valence-electron chi connectivity index (χ1n) is 8.89. The lowest BCUT2D eigenvalue weighted by atomic mass is 10.1. The number of methoxy groups -OCH3 is 1. The maximum Gasteiger partial charge on any atom is 0.188 e. The lowest BCUT2D eigenvalue weighted by Gasteiger charge is -2.22. The van der Waals surface area contributed by atoms with Crippen molar-refractivity contribution in [3.63, 3.8) is 0 Å². The Hall–Kier alpha value is -1.41. The van der Waals surface area contributed by atoms with E-state index in [2.05, 4.69) is 69.0 Å². The zero-order valence-corrected chi connectivity index (χ0v) is 17.1. The molecule has 2 aromatic rings. The fraction of sp³-hybridized carbons (Fsp3) is 0.429. The number of para-hydroxylation sites is 1. The number of hydrogen-bond acceptors (Lipinski definition) is 3. The molecular formula is C21H30NO2P. The van der Waals surface area contributed by atoms with Gasteiger partial charge in [0, 0.05) is 19.0 Å². The zero-order chi connectivity index (χ0) is 18.2. The van der Waals surface area contributed by atoms with Gasteiger partial charge in [-0.05, 0) is 48.9 Å². The normalized spacial score (nSPS) is 11.6. The Morgan fingerprint density at radius 3 is 2.32 bits per heavy atom. The van der Waals surface area contributed by atoms with Crippen molar-refractivity contribution in [2.75, 3.05) is 27.0 Å². The van der Waals surface area contributed by atoms with Crippen LogP contribution < -0.4 is 15.3 Å². The fourth-order valence-corrected chi connectivity index (χ4v) is 4.36. The van der Waals surface area contributed by atoms with Gasteiger partial charge < -0.3 is 9.47 Å². The molecule has 0 saturated heterocycles. The summed E-state index contributed by atoms with van der Waals surface area (Å²) in [7, 11) is 2.23. The van der Waals surface area contributed by atoms with Gasteiger partial charge in [0.25, 0.3) is 0 Å². The topological polar surface area (TPSA) is 21.7 Å². The second-order valence-corrected chi connectivity index (χ2v) is 7.49. The van der Waals surface area contributed by atoms with Gasteiger partial charge in [-0.15, -0.1) is 0 Å². The minimum Gasteiger partial charge on any atom is -0.467 e. The van der Waals surface area contributed by atoms with Gasteiger partial charge in [0.1, 0.15) is 5.75 Å². The summed E-state index contributed by atoms with van der Waals surface area (Å²) >= 11 is 0. The van der Waals surface area contributed by atoms with Crippen LogP contribution in [0.15, 0.2) is 36.4 Å². The molecule has 136 valence electrons. The molecule has 0 fully saturated rings. The van der Waals surface area contributed by atoms with Crippen LogP contribution in [0.1, 0.15) is 30.5 Å². The third-order valence-electron chi connectivity index (χ3n) is 4.44. The number of nitrogens with zero attached hydrogens (tertiary/aromatic N) is 1. The number of rotatable bonds is 9. The van der Waals surface area contributed by atoms with Crippen molar-refractivity contribution < 1.29 is 9.47 Å². The lowest BCUT2D eigenvalue weighted by Crippen LogP contribution is -2.26. The molecule has 0 aliphatic rings. The summed E-state index contributed by atoms with van der Waals surface area (Å²) in [5.74, 6) is 0.958. The van der Waals surface area contributed by atoms with Crippen LogP contribution in [0, 0.1) is 13.8 Å². The van der Waals surface area contributed by atoms with Crippen LogP contribution in [0.5, 0.6) is 5.75 Å². The highest BCUT2D eigenvalue weighted by molar-refractivity contribution is 7.56. The van der Waals surface area contributed by atoms with E-state index in [0.29, 0.717) is 8.58 Å². The molecule has 0 aromatic heterocycles. The summed E-state index contributed by atoms with van der Waals surface area (Å²) < 4.78 is 11.0. The summed E-state index contributed by atoms with van der Waals surface area (Å²) in [4.78, 5) is 2.46. The van der Waals surface area contributed by atoms with Crippen LogP contribution in [0.25, 0.3) is 0 Å². The summed E-state index contributed by atoms with van der Waals surface area (Å²) in [5, 5.41) is 2.68. The fourth-order valence-electron chi connectivity index (χ4n) is 2.92. The number of ether oxygens (including phenoxy) is 2. The first kappa shape index (κ1) is 19.9. The van der Waals surface area contributed by atoms with E-state index in [-0.39, 0.29) is 6.79 Å². The average molecular weight is 359 g/mol. The minimum absolute atomic E-state index is 0.280. The van der Waals surface area contributed by atoms with Gasteiger partial charge in [0.15, 0.2) is 6.79 Å². The van der Waals surface area contributed by atoms with Gasteiger partial charge in [-0.2, -0.15) is 0 Å². The molecule has 0 N–H and O–H groups in total. The lowest BCUT2D eigenvalue weighted by molar-refractivity contribution is 0.0514. The van der Waals surface area contributed by atoms with Crippen LogP contribution in [-0.2, 0) is 11.3 Å². The third kappa shape index (κ3) is 5.28. The molecular weight excluding hydrogens is 329 g/mol. The maximum atomic E-state index is 5.87. The van der Waals surface area contributed by atoms with Crippen LogP contribution in [-0.4, -0.2) is 31.9 Å². The monoisotopic (exact) mass is 359 g/mol. The molecule has 25 heavy (non-hydrogen) atoms. The van der Waals surface area contributed by atoms with Gasteiger partial charge in [0.05, 0.1) is 0 Å². The second-order valence-electron chi connectivity index (χ2n) is 6.20. The first-order chi connectivity index (χ1) is 12.1. The maximum absolute atomic E-state index is 5.87. The zero-order valence-electron chi connectivity index (χ0n) is 16.1. The number of aryl methyl sites for hydroxylation is 2. The molecule has 3 nitrogen and oxygen atoms in total. The summed E-state index contributed by atoms with van der Waals surface area (Å²) in [6.45, 7) is 12.2. The molecule has 0 amide bonds. The Kier molecular flexibility index (Phi) is 7.90. The van der Waals surface area contributed by atoms with Crippen molar-refractivity contribution in [2.24, 2.45) is 0 Å². The molecule has 0 radical (unpaired) electrons. The van der Waals surface area contributed by atoms with Gasteiger partial charge in [-0.3, -0.25) is 4.90 Å². The predicted molar refractivity (Wildman–Crippen MR) is 109 cm³/mol. The van der Waals surface area contributed by atoms with E-state index >= 15 is 0 Å². The van der Waals surface area contributed by atoms with Gasteiger partial charge in [-0.1, -0.05) is 58.8 Å². The smallest absolute Gasteiger partial charge is 0.188 e. The molecule has 1 atom stereocenters. The van der Waals surface area contributed by atoms with Gasteiger partial charge >= 0.3 is 0 Å². The summed E-state index contributed by atoms with van der Waals surface area (Å²) in [5.41, 5.74) is 3.92. The highest BCUT2D eigenvalue weighted by Gasteiger charge is 2.13. The Labute approximate surface area is 154 Å². The second kappa shape index (κ2) is 9.91. The molecule has 4 heteroatoms. The largest absolute Gasteiger partial charge is 0.467 e. The Morgan fingerprint density at radius 1 is 0.960 bits per heavy atom. The average Bonchev–Trinajstić information content (AvgIpc) is 2.61. The molecule has 0 bridgehead atoms. The van der Waals surface area contributed by atoms with E-state index in [1.807, 2.05) is 0 Å². The van der Waals surface area contributed by atoms with Crippen molar-refractivity contribution in [1.29, 1.82) is 0 Å². The van der Waals surface area contributed by atoms with E-state index in [1.165, 1.54) is 21.7 Å². The number of benzene rings is 2. The van der Waals surface area contributed by atoms with Crippen LogP contribution in [0.3, 0.4) is 0 Å². The third-order valence-corrected chi connectivity index (χ3v) is 6.07. The van der Waals surface area contributed by atoms with Crippen LogP contribution >= 0.6 is 8.58 Å². The molecule has 2 aromatic carbocycles. The molecule has 0 aliphatic heterocycles. The van der Waals surface area contributed by atoms with Crippen molar-refractivity contribution in [3.05, 3.63) is 53.1 Å². The molecule has 2 rings (SSSR count). The van der Waals surface area contributed by atoms with E-state index in [1.54, 1.807) is 7.11 Å². The van der Waals surface area contributed by atoms with E-state index in [4.69, 9.17) is 9.47 Å². The highest BCUT2D eigenvalue weighted by atomic mass is 31.1. The number of hydrogen-bond donors (Lipinski definition) is 0. The van der Waals surface area contributed by atoms with Gasteiger partial charge in [-0.25, -0.2) is 0 Å². The summed E-state index contributed by atoms with van der Waals surface area (Å²) in [6, 6.07) is 13.0. The SMILES string of the molecule is CCN(CC)Cc1cccc(C)c1Pc1cccc(C)c1OCOC. The molecule has 1 unspecified atom stereocenters. The molecule has 0 heterocycles. The minimum atomic E-state index is 0.280. The summed E-state index contributed by atoms with van der Waals surface area (Å²) in [6.07, 6.45) is 0. The van der Waals surface area contributed by atoms with Crippen molar-refractivity contribution >= 4 is 19.2 Å². The van der Waals surface area contributed by atoms with Crippen LogP contribution in [0.2, 0.25) is 0 Å². The quantitative estimate of drug-likeness (QED) is 0.503. The van der Waals surface area contributed by atoms with Crippen LogP contribution in [0.4, 0.5) is 0 Å². The Balaban J connectivity index is 2.36. The standard InChI is InChI=1S/C21H30NO2P/c1-6-22(7-2)14-18-12-8-11-17(4)21(18)25-19-13-9-10-16(3)20(19)24-15-23-5/h8-13,25H,6-7,14-15H2,1-5H3. The molecule has 0 spiro atoms. The van der Waals surface area contributed by atoms with Crippen molar-refractivity contribution in [2.45, 2.75) is 34.2 Å². The Morgan fingerprint density at radius 2 is 1.64 bits per heavy atom. The van der Waals surface area contributed by atoms with E-state index in [9.17, 15) is 0 Å². The molecule has 0 saturated carbocycles. The van der Waals surface area contributed by atoms with E-state index < -0.39 is 0 Å². The van der Waals surface area contributed by atoms with Crippen molar-refractivity contribution in [3.8, 4) is 5.75 Å². The molecule has 0 aliphatic carbocycles. The Bertz CT molecular complexity index is 684. The van der Waals surface area contributed by atoms with E-state index in [0.717, 1.165) is 30.9 Å².